The summed E-state index contributed by atoms with van der Waals surface area (Å²) in [6.07, 6.45) is 1.97. The van der Waals surface area contributed by atoms with Crippen LogP contribution in [-0.2, 0) is 20.7 Å². The maximum absolute atomic E-state index is 13.6. The van der Waals surface area contributed by atoms with Crippen LogP contribution in [0.5, 0.6) is 0 Å². The highest BCUT2D eigenvalue weighted by Crippen LogP contribution is 2.37. The van der Waals surface area contributed by atoms with Crippen LogP contribution in [0.3, 0.4) is 0 Å². The Bertz CT molecular complexity index is 1400. The molecule has 3 aromatic rings. The molecule has 0 unspecified atom stereocenters. The summed E-state index contributed by atoms with van der Waals surface area (Å²) in [5, 5.41) is 3.43. The first kappa shape index (κ1) is 27.6. The van der Waals surface area contributed by atoms with Crippen LogP contribution in [-0.4, -0.2) is 35.7 Å². The van der Waals surface area contributed by atoms with Gasteiger partial charge in [0.05, 0.1) is 18.3 Å². The Labute approximate surface area is 226 Å². The van der Waals surface area contributed by atoms with Crippen molar-refractivity contribution in [2.45, 2.75) is 58.0 Å². The van der Waals surface area contributed by atoms with E-state index >= 15 is 0 Å². The average molecular weight is 538 g/mol. The van der Waals surface area contributed by atoms with Crippen molar-refractivity contribution in [1.29, 1.82) is 0 Å². The predicted octanol–water partition coefficient (Wildman–Crippen LogP) is 4.89. The van der Waals surface area contributed by atoms with E-state index in [0.29, 0.717) is 22.7 Å². The number of halogens is 1. The molecule has 0 radical (unpaired) electrons. The van der Waals surface area contributed by atoms with Gasteiger partial charge in [0.25, 0.3) is 5.56 Å². The molecule has 200 valence electrons. The number of primary amides is 1. The largest absolute Gasteiger partial charge is 0.382 e. The van der Waals surface area contributed by atoms with Crippen LogP contribution >= 0.6 is 11.6 Å². The lowest BCUT2D eigenvalue weighted by atomic mass is 9.90. The van der Waals surface area contributed by atoms with E-state index in [1.807, 2.05) is 39.0 Å². The zero-order chi connectivity index (χ0) is 27.6. The van der Waals surface area contributed by atoms with Crippen molar-refractivity contribution in [3.8, 4) is 11.1 Å². The lowest BCUT2D eigenvalue weighted by Gasteiger charge is -2.29. The number of fused-ring (bicyclic) bond motifs is 3. The van der Waals surface area contributed by atoms with Crippen molar-refractivity contribution in [2.24, 2.45) is 5.73 Å². The number of anilines is 1. The summed E-state index contributed by atoms with van der Waals surface area (Å²) in [6.45, 7) is 5.79. The first-order chi connectivity index (χ1) is 18.1. The Hall–Kier alpha value is -3.46. The van der Waals surface area contributed by atoms with Gasteiger partial charge < -0.3 is 25.1 Å². The lowest BCUT2D eigenvalue weighted by Crippen LogP contribution is -2.36. The first-order valence-electron chi connectivity index (χ1n) is 12.5. The molecule has 2 heterocycles. The number of benzene rings is 2. The third kappa shape index (κ3) is 5.99. The third-order valence-corrected chi connectivity index (χ3v) is 7.12. The number of carbonyl (C=O) groups is 2. The van der Waals surface area contributed by atoms with Gasteiger partial charge in [0.2, 0.25) is 11.8 Å². The van der Waals surface area contributed by atoms with E-state index in [0.717, 1.165) is 22.3 Å². The van der Waals surface area contributed by atoms with Gasteiger partial charge in [-0.2, -0.15) is 0 Å². The van der Waals surface area contributed by atoms with Crippen LogP contribution in [0, 0.1) is 0 Å². The van der Waals surface area contributed by atoms with E-state index in [1.165, 1.54) is 16.7 Å². The van der Waals surface area contributed by atoms with Gasteiger partial charge in [-0.05, 0) is 80.3 Å². The van der Waals surface area contributed by atoms with Gasteiger partial charge in [0.1, 0.15) is 6.04 Å². The lowest BCUT2D eigenvalue weighted by molar-refractivity contribution is -0.120. The highest BCUT2D eigenvalue weighted by molar-refractivity contribution is 6.30. The molecular weight excluding hydrogens is 506 g/mol. The molecule has 0 bridgehead atoms. The molecule has 1 aliphatic rings. The SMILES string of the molecule is CO[C@@H](C)C[C@@H](C(=O)Nc1ccc(C(N)=O)cc1)n1cc2c(cc1=O)-c1cc(Cl)ccc1C[C@@H](C)O[C@H]2C. The van der Waals surface area contributed by atoms with Crippen LogP contribution in [0.2, 0.25) is 5.02 Å². The van der Waals surface area contributed by atoms with Gasteiger partial charge in [-0.25, -0.2) is 0 Å². The molecule has 4 rings (SSSR count). The molecular formula is C29H32ClN3O5. The molecule has 0 fully saturated rings. The number of pyridine rings is 1. The van der Waals surface area contributed by atoms with Crippen molar-refractivity contribution in [2.75, 3.05) is 12.4 Å². The zero-order valence-electron chi connectivity index (χ0n) is 21.9. The third-order valence-electron chi connectivity index (χ3n) is 6.89. The fourth-order valence-electron chi connectivity index (χ4n) is 4.82. The van der Waals surface area contributed by atoms with Gasteiger partial charge in [-0.3, -0.25) is 14.4 Å². The highest BCUT2D eigenvalue weighted by atomic mass is 35.5. The average Bonchev–Trinajstić information content (AvgIpc) is 2.87. The molecule has 4 atom stereocenters. The molecule has 2 aromatic carbocycles. The van der Waals surface area contributed by atoms with Crippen LogP contribution in [0.15, 0.2) is 59.5 Å². The topological polar surface area (TPSA) is 113 Å². The molecule has 0 aliphatic carbocycles. The van der Waals surface area contributed by atoms with Crippen molar-refractivity contribution < 1.29 is 19.1 Å². The second kappa shape index (κ2) is 11.5. The summed E-state index contributed by atoms with van der Waals surface area (Å²) >= 11 is 6.34. The molecule has 3 N–H and O–H groups in total. The quantitative estimate of drug-likeness (QED) is 0.445. The Morgan fingerprint density at radius 2 is 1.87 bits per heavy atom. The van der Waals surface area contributed by atoms with Gasteiger partial charge in [0, 0.05) is 47.6 Å². The summed E-state index contributed by atoms with van der Waals surface area (Å²) in [6, 6.07) is 12.6. The normalized spacial score (nSPS) is 18.3. The Kier molecular flexibility index (Phi) is 8.35. The predicted molar refractivity (Wildman–Crippen MR) is 148 cm³/mol. The molecule has 0 saturated heterocycles. The number of nitrogens with two attached hydrogens (primary N) is 1. The summed E-state index contributed by atoms with van der Waals surface area (Å²) in [4.78, 5) is 38.5. The van der Waals surface area contributed by atoms with Gasteiger partial charge in [-0.1, -0.05) is 17.7 Å². The van der Waals surface area contributed by atoms with Crippen molar-refractivity contribution in [3.05, 3.63) is 86.8 Å². The Morgan fingerprint density at radius 1 is 1.16 bits per heavy atom. The first-order valence-corrected chi connectivity index (χ1v) is 12.9. The van der Waals surface area contributed by atoms with Crippen molar-refractivity contribution in [3.63, 3.8) is 0 Å². The number of rotatable bonds is 7. The molecule has 1 aliphatic heterocycles. The minimum Gasteiger partial charge on any atom is -0.382 e. The molecule has 0 saturated carbocycles. The monoisotopic (exact) mass is 537 g/mol. The number of ether oxygens (including phenoxy) is 2. The second-order valence-electron chi connectivity index (χ2n) is 9.71. The highest BCUT2D eigenvalue weighted by Gasteiger charge is 2.28. The van der Waals surface area contributed by atoms with Gasteiger partial charge in [0.15, 0.2) is 0 Å². The van der Waals surface area contributed by atoms with Gasteiger partial charge >= 0.3 is 0 Å². The standard InChI is InChI=1S/C29H32ClN3O5/c1-16(37-4)12-26(29(36)32-22-9-6-19(7-10-22)28(31)35)33-15-25-18(3)38-17(2)11-20-5-8-21(30)13-23(20)24(25)14-27(33)34/h5-10,13-18,26H,11-12H2,1-4H3,(H2,31,35)(H,32,36)/t16-,17+,18-,26-/m0/s1. The van der Waals surface area contributed by atoms with E-state index < -0.39 is 11.9 Å². The zero-order valence-corrected chi connectivity index (χ0v) is 22.6. The number of amides is 2. The summed E-state index contributed by atoms with van der Waals surface area (Å²) in [7, 11) is 1.56. The number of aromatic nitrogens is 1. The minimum absolute atomic E-state index is 0.0607. The fourth-order valence-corrected chi connectivity index (χ4v) is 5.00. The smallest absolute Gasteiger partial charge is 0.251 e. The van der Waals surface area contributed by atoms with E-state index in [1.54, 1.807) is 31.5 Å². The van der Waals surface area contributed by atoms with E-state index in [-0.39, 0.29) is 36.2 Å². The number of nitrogens with zero attached hydrogens (tertiary/aromatic N) is 1. The van der Waals surface area contributed by atoms with E-state index in [9.17, 15) is 14.4 Å². The van der Waals surface area contributed by atoms with Crippen LogP contribution in [0.25, 0.3) is 11.1 Å². The maximum Gasteiger partial charge on any atom is 0.251 e. The maximum atomic E-state index is 13.6. The molecule has 38 heavy (non-hydrogen) atoms. The van der Waals surface area contributed by atoms with E-state index in [4.69, 9.17) is 26.8 Å². The number of methoxy groups -OCH3 is 1. The Morgan fingerprint density at radius 3 is 2.53 bits per heavy atom. The fraction of sp³-hybridized carbons (Fsp3) is 0.345. The van der Waals surface area contributed by atoms with Crippen LogP contribution in [0.1, 0.15) is 60.8 Å². The van der Waals surface area contributed by atoms with Crippen LogP contribution in [0.4, 0.5) is 5.69 Å². The van der Waals surface area contributed by atoms with E-state index in [2.05, 4.69) is 5.32 Å². The molecule has 2 amide bonds. The number of nitrogens with one attached hydrogen (secondary N) is 1. The van der Waals surface area contributed by atoms with Crippen LogP contribution < -0.4 is 16.6 Å². The second-order valence-corrected chi connectivity index (χ2v) is 10.1. The number of hydrogen-bond donors (Lipinski definition) is 2. The Balaban J connectivity index is 1.79. The number of hydrogen-bond acceptors (Lipinski definition) is 5. The molecule has 0 spiro atoms. The van der Waals surface area contributed by atoms with Crippen molar-refractivity contribution >= 4 is 29.1 Å². The molecule has 1 aromatic heterocycles. The summed E-state index contributed by atoms with van der Waals surface area (Å²) < 4.78 is 13.1. The molecule has 9 heteroatoms. The minimum atomic E-state index is -0.868. The summed E-state index contributed by atoms with van der Waals surface area (Å²) in [5.41, 5.74) is 9.24. The van der Waals surface area contributed by atoms with Crippen molar-refractivity contribution in [1.82, 2.24) is 4.57 Å². The molecule has 8 nitrogen and oxygen atoms in total. The summed E-state index contributed by atoms with van der Waals surface area (Å²) in [5.74, 6) is -0.950. The number of carbonyl (C=O) groups excluding carboxylic acids is 2. The van der Waals surface area contributed by atoms with Gasteiger partial charge in [-0.15, -0.1) is 0 Å².